The number of carbonyl (C=O) groups excluding carboxylic acids is 2. The van der Waals surface area contributed by atoms with Crippen LogP contribution in [-0.2, 0) is 14.3 Å². The van der Waals surface area contributed by atoms with E-state index in [1.807, 2.05) is 0 Å². The van der Waals surface area contributed by atoms with Gasteiger partial charge in [-0.15, -0.1) is 0 Å². The second-order valence-electron chi connectivity index (χ2n) is 9.05. The van der Waals surface area contributed by atoms with Gasteiger partial charge < -0.3 is 25.2 Å². The molecular weight excluding hydrogens is 340 g/mol. The molecule has 0 radical (unpaired) electrons. The van der Waals surface area contributed by atoms with E-state index in [1.165, 1.54) is 6.08 Å². The average molecular weight is 366 g/mol. The number of hydrogen-bond acceptors (Lipinski definition) is 7. The predicted molar refractivity (Wildman–Crippen MR) is 88.5 cm³/mol. The van der Waals surface area contributed by atoms with Crippen molar-refractivity contribution < 1.29 is 34.8 Å². The van der Waals surface area contributed by atoms with E-state index in [1.54, 1.807) is 27.7 Å². The van der Waals surface area contributed by atoms with Gasteiger partial charge in [-0.2, -0.15) is 0 Å². The normalized spacial score (nSPS) is 58.6. The summed E-state index contributed by atoms with van der Waals surface area (Å²) < 4.78 is 5.56. The number of hydrogen-bond donors (Lipinski definition) is 4. The fourth-order valence-corrected chi connectivity index (χ4v) is 6.99. The third-order valence-electron chi connectivity index (χ3n) is 7.92. The number of aliphatic hydroxyl groups is 4. The Morgan fingerprint density at radius 2 is 1.58 bits per heavy atom. The van der Waals surface area contributed by atoms with Gasteiger partial charge in [0.05, 0.1) is 24.2 Å². The summed E-state index contributed by atoms with van der Waals surface area (Å²) in [7, 11) is 0. The molecular formula is C19H26O7. The Bertz CT molecular complexity index is 717. The molecule has 11 atom stereocenters. The van der Waals surface area contributed by atoms with Gasteiger partial charge in [-0.05, 0) is 18.9 Å². The molecule has 0 unspecified atom stereocenters. The van der Waals surface area contributed by atoms with E-state index in [2.05, 4.69) is 0 Å². The summed E-state index contributed by atoms with van der Waals surface area (Å²) >= 11 is 0. The number of fused-ring (bicyclic) bond motifs is 2. The van der Waals surface area contributed by atoms with Crippen molar-refractivity contribution >= 4 is 11.8 Å². The molecule has 7 heteroatoms. The number of aliphatic hydroxyl groups excluding tert-OH is 4. The summed E-state index contributed by atoms with van der Waals surface area (Å²) in [5.41, 5.74) is -1.65. The van der Waals surface area contributed by atoms with Crippen molar-refractivity contribution in [3.63, 3.8) is 0 Å². The van der Waals surface area contributed by atoms with Crippen LogP contribution >= 0.6 is 0 Å². The Balaban J connectivity index is 2.00. The Kier molecular flexibility index (Phi) is 3.59. The van der Waals surface area contributed by atoms with Crippen LogP contribution in [0.25, 0.3) is 0 Å². The highest BCUT2D eigenvalue weighted by atomic mass is 16.6. The van der Waals surface area contributed by atoms with Crippen molar-refractivity contribution in [1.82, 2.24) is 0 Å². The molecule has 0 aromatic heterocycles. The predicted octanol–water partition coefficient (Wildman–Crippen LogP) is -0.591. The van der Waals surface area contributed by atoms with Crippen LogP contribution in [0, 0.1) is 34.5 Å². The molecule has 3 fully saturated rings. The summed E-state index contributed by atoms with van der Waals surface area (Å²) in [6.45, 7) is 6.80. The minimum Gasteiger partial charge on any atom is -0.459 e. The fourth-order valence-electron chi connectivity index (χ4n) is 6.99. The number of ketones is 1. The van der Waals surface area contributed by atoms with Gasteiger partial charge in [-0.25, -0.2) is 0 Å². The summed E-state index contributed by atoms with van der Waals surface area (Å²) in [5, 5.41) is 43.6. The molecule has 7 nitrogen and oxygen atoms in total. The van der Waals surface area contributed by atoms with Crippen LogP contribution in [-0.4, -0.2) is 62.7 Å². The first kappa shape index (κ1) is 18.1. The molecule has 26 heavy (non-hydrogen) atoms. The Labute approximate surface area is 151 Å². The Morgan fingerprint density at radius 1 is 0.962 bits per heavy atom. The third kappa shape index (κ3) is 1.73. The first-order valence-corrected chi connectivity index (χ1v) is 9.13. The van der Waals surface area contributed by atoms with Crippen LogP contribution in [0.5, 0.6) is 0 Å². The number of carbonyl (C=O) groups is 2. The zero-order chi connectivity index (χ0) is 19.3. The first-order chi connectivity index (χ1) is 12.0. The molecule has 1 aliphatic heterocycles. The maximum Gasteiger partial charge on any atom is 0.310 e. The summed E-state index contributed by atoms with van der Waals surface area (Å²) in [6, 6.07) is 0. The monoisotopic (exact) mass is 366 g/mol. The largest absolute Gasteiger partial charge is 0.459 e. The van der Waals surface area contributed by atoms with Crippen LogP contribution < -0.4 is 0 Å². The van der Waals surface area contributed by atoms with Crippen molar-refractivity contribution in [1.29, 1.82) is 0 Å². The van der Waals surface area contributed by atoms with Crippen molar-refractivity contribution in [2.24, 2.45) is 34.5 Å². The van der Waals surface area contributed by atoms with Gasteiger partial charge in [0.15, 0.2) is 5.78 Å². The van der Waals surface area contributed by atoms with E-state index in [0.717, 1.165) is 0 Å². The molecule has 0 spiro atoms. The minimum atomic E-state index is -1.44. The maximum atomic E-state index is 12.6. The van der Waals surface area contributed by atoms with Gasteiger partial charge in [-0.1, -0.05) is 26.3 Å². The highest BCUT2D eigenvalue weighted by molar-refractivity contribution is 5.96. The molecule has 4 aliphatic rings. The SMILES string of the molecule is CC1=CC(=O)[C@@H](O)[C@]2(C)[C@@H]3[C@H](O)[C@H](O)[C@H](C)[C@@H]4C(=O)O[C@H]([C@H](O)[C@H]12)[C@]34C. The van der Waals surface area contributed by atoms with E-state index in [0.29, 0.717) is 5.57 Å². The summed E-state index contributed by atoms with van der Waals surface area (Å²) in [6.07, 6.45) is -4.55. The van der Waals surface area contributed by atoms with Gasteiger partial charge in [0.2, 0.25) is 0 Å². The first-order valence-electron chi connectivity index (χ1n) is 9.13. The fraction of sp³-hybridized carbons (Fsp3) is 0.789. The lowest BCUT2D eigenvalue weighted by molar-refractivity contribution is -0.266. The molecule has 0 aromatic carbocycles. The maximum absolute atomic E-state index is 12.6. The number of ether oxygens (including phenoxy) is 1. The van der Waals surface area contributed by atoms with E-state index in [9.17, 15) is 30.0 Å². The van der Waals surface area contributed by atoms with Gasteiger partial charge in [0.25, 0.3) is 0 Å². The molecule has 2 saturated carbocycles. The van der Waals surface area contributed by atoms with Crippen molar-refractivity contribution in [2.45, 2.75) is 58.2 Å². The molecule has 4 rings (SSSR count). The summed E-state index contributed by atoms with van der Waals surface area (Å²) in [5.74, 6) is -3.75. The second kappa shape index (κ2) is 5.16. The number of esters is 1. The lowest BCUT2D eigenvalue weighted by Crippen LogP contribution is -2.74. The smallest absolute Gasteiger partial charge is 0.310 e. The van der Waals surface area contributed by atoms with E-state index in [4.69, 9.17) is 4.74 Å². The lowest BCUT2D eigenvalue weighted by Gasteiger charge is -2.65. The Hall–Kier alpha value is -1.28. The van der Waals surface area contributed by atoms with Crippen LogP contribution in [0.3, 0.4) is 0 Å². The molecule has 144 valence electrons. The molecule has 3 aliphatic carbocycles. The zero-order valence-electron chi connectivity index (χ0n) is 15.3. The van der Waals surface area contributed by atoms with Gasteiger partial charge in [-0.3, -0.25) is 9.59 Å². The molecule has 4 N–H and O–H groups in total. The van der Waals surface area contributed by atoms with Crippen molar-refractivity contribution in [2.75, 3.05) is 0 Å². The molecule has 0 aromatic rings. The van der Waals surface area contributed by atoms with Gasteiger partial charge in [0, 0.05) is 22.7 Å². The minimum absolute atomic E-state index is 0.488. The van der Waals surface area contributed by atoms with Crippen LogP contribution in [0.2, 0.25) is 0 Å². The highest BCUT2D eigenvalue weighted by Gasteiger charge is 2.77. The number of rotatable bonds is 0. The average Bonchev–Trinajstić information content (AvgIpc) is 2.81. The van der Waals surface area contributed by atoms with Crippen LogP contribution in [0.15, 0.2) is 11.6 Å². The highest BCUT2D eigenvalue weighted by Crippen LogP contribution is 2.68. The third-order valence-corrected chi connectivity index (χ3v) is 7.92. The lowest BCUT2D eigenvalue weighted by atomic mass is 9.39. The van der Waals surface area contributed by atoms with Crippen LogP contribution in [0.4, 0.5) is 0 Å². The molecule has 0 bridgehead atoms. The van der Waals surface area contributed by atoms with E-state index >= 15 is 0 Å². The zero-order valence-corrected chi connectivity index (χ0v) is 15.3. The quantitative estimate of drug-likeness (QED) is 0.422. The van der Waals surface area contributed by atoms with Crippen molar-refractivity contribution in [3.05, 3.63) is 11.6 Å². The summed E-state index contributed by atoms with van der Waals surface area (Å²) in [4.78, 5) is 25.0. The standard InChI is InChI=1S/C19H26O7/c1-6-5-8(20)15(24)18(3)9(6)12(22)16-19(4)10(17(25)26-16)7(2)11(21)13(23)14(18)19/h5,7,9-16,21-24H,1-4H3/t7-,9+,10-,11-,12-,13-,14+,15-,16-,18+,19+/m1/s1. The second-order valence-corrected chi connectivity index (χ2v) is 9.05. The molecule has 1 heterocycles. The van der Waals surface area contributed by atoms with Crippen molar-refractivity contribution in [3.8, 4) is 0 Å². The Morgan fingerprint density at radius 3 is 2.19 bits per heavy atom. The van der Waals surface area contributed by atoms with Gasteiger partial charge >= 0.3 is 5.97 Å². The van der Waals surface area contributed by atoms with E-state index in [-0.39, 0.29) is 0 Å². The molecule has 1 saturated heterocycles. The van der Waals surface area contributed by atoms with E-state index < -0.39 is 76.8 Å². The molecule has 0 amide bonds. The van der Waals surface area contributed by atoms with Crippen LogP contribution in [0.1, 0.15) is 27.7 Å². The van der Waals surface area contributed by atoms with Gasteiger partial charge in [0.1, 0.15) is 12.2 Å². The topological polar surface area (TPSA) is 124 Å².